The number of amides is 3. The van der Waals surface area contributed by atoms with E-state index in [1.165, 1.54) is 42.2 Å². The lowest BCUT2D eigenvalue weighted by Gasteiger charge is -2.20. The topological polar surface area (TPSA) is 92.3 Å². The Bertz CT molecular complexity index is 1150. The van der Waals surface area contributed by atoms with Gasteiger partial charge in [0, 0.05) is 5.75 Å². The second-order valence-corrected chi connectivity index (χ2v) is 9.62. The lowest BCUT2D eigenvalue weighted by Crippen LogP contribution is -2.45. The Labute approximate surface area is 195 Å². The minimum Gasteiger partial charge on any atom is -0.299 e. The summed E-state index contributed by atoms with van der Waals surface area (Å²) in [6, 6.07) is 11.5. The smallest absolute Gasteiger partial charge is 0.262 e. The number of nitrogens with one attached hydrogen (secondary N) is 1. The predicted octanol–water partition coefficient (Wildman–Crippen LogP) is 4.76. The van der Waals surface area contributed by atoms with Gasteiger partial charge >= 0.3 is 0 Å². The number of carbonyl (C=O) groups excluding carboxylic acids is 3. The molecule has 0 unspecified atom stereocenters. The molecule has 0 radical (unpaired) electrons. The Hall–Kier alpha value is -2.46. The molecule has 0 fully saturated rings. The molecule has 1 atom stereocenters. The minimum absolute atomic E-state index is 0.120. The lowest BCUT2D eigenvalue weighted by atomic mass is 10.1. The Morgan fingerprint density at radius 3 is 2.32 bits per heavy atom. The van der Waals surface area contributed by atoms with Gasteiger partial charge in [0.05, 0.1) is 21.2 Å². The summed E-state index contributed by atoms with van der Waals surface area (Å²) in [4.78, 5) is 38.9. The number of hydrogen-bond donors (Lipinski definition) is 1. The van der Waals surface area contributed by atoms with Crippen molar-refractivity contribution in [3.8, 4) is 0 Å². The van der Waals surface area contributed by atoms with E-state index in [9.17, 15) is 14.4 Å². The quantitative estimate of drug-likeness (QED) is 0.303. The summed E-state index contributed by atoms with van der Waals surface area (Å²) in [6.45, 7) is 1.46. The third-order valence-electron chi connectivity index (χ3n) is 4.57. The molecule has 0 bridgehead atoms. The third kappa shape index (κ3) is 4.45. The maximum atomic E-state index is 12.7. The zero-order chi connectivity index (χ0) is 22.1. The fourth-order valence-corrected chi connectivity index (χ4v) is 5.01. The number of rotatable bonds is 6. The molecule has 1 aliphatic rings. The van der Waals surface area contributed by atoms with Gasteiger partial charge in [0.15, 0.2) is 4.34 Å². The van der Waals surface area contributed by atoms with Crippen LogP contribution in [0.3, 0.4) is 0 Å². The number of benzene rings is 2. The van der Waals surface area contributed by atoms with Crippen molar-refractivity contribution < 1.29 is 14.4 Å². The molecule has 0 spiro atoms. The van der Waals surface area contributed by atoms with Gasteiger partial charge in [-0.15, -0.1) is 10.2 Å². The number of imide groups is 1. The summed E-state index contributed by atoms with van der Waals surface area (Å²) >= 11 is 14.6. The number of halogens is 2. The standard InChI is InChI=1S/C20H14Cl2N4O3S2/c1-10(26-17(28)12-7-14(21)15(22)8-13(12)18(26)29)16(27)23-19-24-25-20(31-19)30-9-11-5-3-2-4-6-11/h2-8,10H,9H2,1H3,(H,23,24,27)/t10-/m0/s1. The van der Waals surface area contributed by atoms with E-state index in [1.807, 2.05) is 30.3 Å². The highest BCUT2D eigenvalue weighted by atomic mass is 35.5. The van der Waals surface area contributed by atoms with Crippen LogP contribution in [0, 0.1) is 0 Å². The SMILES string of the molecule is C[C@@H](C(=O)Nc1nnc(SCc2ccccc2)s1)N1C(=O)c2cc(Cl)c(Cl)cc2C1=O. The highest BCUT2D eigenvalue weighted by Crippen LogP contribution is 2.33. The van der Waals surface area contributed by atoms with E-state index in [1.54, 1.807) is 0 Å². The third-order valence-corrected chi connectivity index (χ3v) is 7.33. The van der Waals surface area contributed by atoms with E-state index < -0.39 is 23.8 Å². The number of anilines is 1. The number of nitrogens with zero attached hydrogens (tertiary/aromatic N) is 3. The molecule has 1 N–H and O–H groups in total. The molecule has 7 nitrogen and oxygen atoms in total. The first-order valence-electron chi connectivity index (χ1n) is 9.03. The van der Waals surface area contributed by atoms with Gasteiger partial charge in [-0.1, -0.05) is 76.6 Å². The molecule has 2 aromatic carbocycles. The summed E-state index contributed by atoms with van der Waals surface area (Å²) in [5.74, 6) is -1.03. The van der Waals surface area contributed by atoms with Crippen LogP contribution in [0.1, 0.15) is 33.2 Å². The van der Waals surface area contributed by atoms with Gasteiger partial charge in [-0.05, 0) is 24.6 Å². The zero-order valence-electron chi connectivity index (χ0n) is 16.0. The normalized spacial score (nSPS) is 14.0. The molecule has 3 aromatic rings. The van der Waals surface area contributed by atoms with Gasteiger partial charge in [-0.25, -0.2) is 0 Å². The first kappa shape index (κ1) is 21.8. The van der Waals surface area contributed by atoms with Crippen LogP contribution in [0.4, 0.5) is 5.13 Å². The largest absolute Gasteiger partial charge is 0.299 e. The fourth-order valence-electron chi connectivity index (χ4n) is 2.97. The Balaban J connectivity index is 1.42. The Kier molecular flexibility index (Phi) is 6.29. The molecular formula is C20H14Cl2N4O3S2. The average molecular weight is 493 g/mol. The molecule has 31 heavy (non-hydrogen) atoms. The van der Waals surface area contributed by atoms with Crippen LogP contribution < -0.4 is 5.32 Å². The molecular weight excluding hydrogens is 479 g/mol. The summed E-state index contributed by atoms with van der Waals surface area (Å²) in [5.41, 5.74) is 1.39. The molecule has 0 aliphatic carbocycles. The molecule has 11 heteroatoms. The van der Waals surface area contributed by atoms with E-state index in [0.717, 1.165) is 16.2 Å². The fraction of sp³-hybridized carbons (Fsp3) is 0.150. The van der Waals surface area contributed by atoms with Crippen LogP contribution >= 0.6 is 46.3 Å². The highest BCUT2D eigenvalue weighted by molar-refractivity contribution is 8.00. The van der Waals surface area contributed by atoms with E-state index in [4.69, 9.17) is 23.2 Å². The van der Waals surface area contributed by atoms with Gasteiger partial charge in [0.25, 0.3) is 11.8 Å². The zero-order valence-corrected chi connectivity index (χ0v) is 19.1. The molecule has 2 heterocycles. The van der Waals surface area contributed by atoms with Crippen LogP contribution in [0.5, 0.6) is 0 Å². The van der Waals surface area contributed by atoms with Crippen molar-refractivity contribution in [1.29, 1.82) is 0 Å². The van der Waals surface area contributed by atoms with Crippen LogP contribution in [-0.2, 0) is 10.5 Å². The number of fused-ring (bicyclic) bond motifs is 1. The van der Waals surface area contributed by atoms with E-state index >= 15 is 0 Å². The first-order valence-corrected chi connectivity index (χ1v) is 11.6. The maximum absolute atomic E-state index is 12.7. The molecule has 158 valence electrons. The van der Waals surface area contributed by atoms with Crippen molar-refractivity contribution >= 4 is 69.2 Å². The summed E-state index contributed by atoms with van der Waals surface area (Å²) < 4.78 is 0.692. The van der Waals surface area contributed by atoms with Crippen molar-refractivity contribution in [2.45, 2.75) is 23.1 Å². The van der Waals surface area contributed by atoms with Crippen LogP contribution in [0.15, 0.2) is 46.8 Å². The van der Waals surface area contributed by atoms with E-state index in [0.29, 0.717) is 4.34 Å². The minimum atomic E-state index is -1.06. The highest BCUT2D eigenvalue weighted by Gasteiger charge is 2.41. The van der Waals surface area contributed by atoms with Crippen molar-refractivity contribution in [3.05, 3.63) is 69.2 Å². The molecule has 0 saturated carbocycles. The van der Waals surface area contributed by atoms with Gasteiger partial charge < -0.3 is 0 Å². The predicted molar refractivity (Wildman–Crippen MR) is 121 cm³/mol. The number of aromatic nitrogens is 2. The Morgan fingerprint density at radius 2 is 1.71 bits per heavy atom. The second kappa shape index (κ2) is 8.96. The molecule has 4 rings (SSSR count). The molecule has 1 aliphatic heterocycles. The van der Waals surface area contributed by atoms with Crippen LogP contribution in [0.2, 0.25) is 10.0 Å². The van der Waals surface area contributed by atoms with Gasteiger partial charge in [0.1, 0.15) is 6.04 Å². The molecule has 3 amide bonds. The summed E-state index contributed by atoms with van der Waals surface area (Å²) in [5, 5.41) is 11.3. The number of hydrogen-bond acceptors (Lipinski definition) is 7. The lowest BCUT2D eigenvalue weighted by molar-refractivity contribution is -0.119. The first-order chi connectivity index (χ1) is 14.8. The van der Waals surface area contributed by atoms with Gasteiger partial charge in [0.2, 0.25) is 11.0 Å². The number of carbonyl (C=O) groups is 3. The summed E-state index contributed by atoms with van der Waals surface area (Å²) in [7, 11) is 0. The van der Waals surface area contributed by atoms with Gasteiger partial charge in [-0.3, -0.25) is 24.6 Å². The van der Waals surface area contributed by atoms with Crippen molar-refractivity contribution in [3.63, 3.8) is 0 Å². The number of thioether (sulfide) groups is 1. The monoisotopic (exact) mass is 492 g/mol. The average Bonchev–Trinajstić information content (AvgIpc) is 3.30. The van der Waals surface area contributed by atoms with Crippen molar-refractivity contribution in [1.82, 2.24) is 15.1 Å². The molecule has 0 saturated heterocycles. The Morgan fingerprint density at radius 1 is 1.10 bits per heavy atom. The van der Waals surface area contributed by atoms with Crippen LogP contribution in [-0.4, -0.2) is 38.9 Å². The van der Waals surface area contributed by atoms with E-state index in [2.05, 4.69) is 15.5 Å². The van der Waals surface area contributed by atoms with Gasteiger partial charge in [-0.2, -0.15) is 0 Å². The van der Waals surface area contributed by atoms with Crippen molar-refractivity contribution in [2.24, 2.45) is 0 Å². The van der Waals surface area contributed by atoms with Crippen LogP contribution in [0.25, 0.3) is 0 Å². The van der Waals surface area contributed by atoms with E-state index in [-0.39, 0.29) is 26.3 Å². The van der Waals surface area contributed by atoms with Crippen molar-refractivity contribution in [2.75, 3.05) is 5.32 Å². The molecule has 1 aromatic heterocycles. The summed E-state index contributed by atoms with van der Waals surface area (Å²) in [6.07, 6.45) is 0. The maximum Gasteiger partial charge on any atom is 0.262 e. The second-order valence-electron chi connectivity index (χ2n) is 6.60.